The van der Waals surface area contributed by atoms with Gasteiger partial charge in [-0.05, 0) is 12.0 Å². The van der Waals surface area contributed by atoms with Crippen LogP contribution in [0.25, 0.3) is 0 Å². The van der Waals surface area contributed by atoms with Crippen molar-refractivity contribution in [3.05, 3.63) is 0 Å². The van der Waals surface area contributed by atoms with Gasteiger partial charge in [0.1, 0.15) is 0 Å². The van der Waals surface area contributed by atoms with Gasteiger partial charge in [0.15, 0.2) is 0 Å². The van der Waals surface area contributed by atoms with E-state index in [1.54, 1.807) is 0 Å². The standard InChI is InChI=1S/C9H20O4S/c1-9(2,7-11)8-13-14-6-5-12-4-3-10/h10-11H,3-8H2,1-2H3. The molecule has 0 rings (SSSR count). The molecule has 0 saturated heterocycles. The van der Waals surface area contributed by atoms with Crippen LogP contribution in [0.3, 0.4) is 0 Å². The third-order valence-corrected chi connectivity index (χ3v) is 2.13. The lowest BCUT2D eigenvalue weighted by Gasteiger charge is -2.20. The summed E-state index contributed by atoms with van der Waals surface area (Å²) in [5.41, 5.74) is -0.182. The Balaban J connectivity index is 3.13. The zero-order chi connectivity index (χ0) is 10.9. The molecule has 0 bridgehead atoms. The number of rotatable bonds is 9. The third-order valence-electron chi connectivity index (χ3n) is 1.51. The average molecular weight is 224 g/mol. The second kappa shape index (κ2) is 8.49. The Morgan fingerprint density at radius 3 is 2.50 bits per heavy atom. The summed E-state index contributed by atoms with van der Waals surface area (Å²) in [5, 5.41) is 17.3. The first-order valence-corrected chi connectivity index (χ1v) is 5.57. The van der Waals surface area contributed by atoms with E-state index in [4.69, 9.17) is 19.1 Å². The van der Waals surface area contributed by atoms with E-state index in [2.05, 4.69) is 0 Å². The van der Waals surface area contributed by atoms with E-state index in [0.717, 1.165) is 5.75 Å². The monoisotopic (exact) mass is 224 g/mol. The van der Waals surface area contributed by atoms with Crippen molar-refractivity contribution < 1.29 is 19.1 Å². The van der Waals surface area contributed by atoms with Gasteiger partial charge < -0.3 is 19.1 Å². The lowest BCUT2D eigenvalue weighted by molar-refractivity contribution is 0.0987. The largest absolute Gasteiger partial charge is 0.396 e. The van der Waals surface area contributed by atoms with E-state index < -0.39 is 0 Å². The summed E-state index contributed by atoms with van der Waals surface area (Å²) >= 11 is 1.33. The molecule has 0 heterocycles. The van der Waals surface area contributed by atoms with Crippen LogP contribution in [0.2, 0.25) is 0 Å². The molecule has 0 saturated carbocycles. The molecule has 2 N–H and O–H groups in total. The normalized spacial score (nSPS) is 12.0. The van der Waals surface area contributed by atoms with Gasteiger partial charge >= 0.3 is 0 Å². The SMILES string of the molecule is CC(C)(CO)COSCCOCCO. The van der Waals surface area contributed by atoms with E-state index in [1.165, 1.54) is 12.0 Å². The van der Waals surface area contributed by atoms with E-state index in [0.29, 0.717) is 19.8 Å². The van der Waals surface area contributed by atoms with Crippen molar-refractivity contribution in [2.75, 3.05) is 38.8 Å². The number of hydrogen-bond acceptors (Lipinski definition) is 5. The molecular weight excluding hydrogens is 204 g/mol. The van der Waals surface area contributed by atoms with Crippen molar-refractivity contribution in [2.24, 2.45) is 5.41 Å². The van der Waals surface area contributed by atoms with E-state index in [9.17, 15) is 0 Å². The van der Waals surface area contributed by atoms with Gasteiger partial charge in [-0.1, -0.05) is 13.8 Å². The molecule has 0 aliphatic heterocycles. The number of ether oxygens (including phenoxy) is 1. The molecule has 0 aromatic heterocycles. The summed E-state index contributed by atoms with van der Waals surface area (Å²) in [6, 6.07) is 0. The minimum absolute atomic E-state index is 0.0586. The van der Waals surface area contributed by atoms with E-state index >= 15 is 0 Å². The van der Waals surface area contributed by atoms with Crippen molar-refractivity contribution in [1.82, 2.24) is 0 Å². The second-order valence-corrected chi connectivity index (χ2v) is 4.62. The van der Waals surface area contributed by atoms with Crippen molar-refractivity contribution in [3.63, 3.8) is 0 Å². The highest BCUT2D eigenvalue weighted by Crippen LogP contribution is 2.17. The Bertz CT molecular complexity index is 130. The van der Waals surface area contributed by atoms with Gasteiger partial charge in [0.25, 0.3) is 0 Å². The van der Waals surface area contributed by atoms with Gasteiger partial charge in [-0.15, -0.1) is 0 Å². The fourth-order valence-corrected chi connectivity index (χ4v) is 1.27. The summed E-state index contributed by atoms with van der Waals surface area (Å²) in [4.78, 5) is 0. The highest BCUT2D eigenvalue weighted by Gasteiger charge is 2.16. The molecule has 0 aromatic rings. The van der Waals surface area contributed by atoms with Crippen LogP contribution in [0.1, 0.15) is 13.8 Å². The third kappa shape index (κ3) is 8.77. The summed E-state index contributed by atoms with van der Waals surface area (Å²) in [6.07, 6.45) is 0. The molecule has 0 aromatic carbocycles. The van der Waals surface area contributed by atoms with Crippen molar-refractivity contribution >= 4 is 12.0 Å². The molecule has 4 nitrogen and oxygen atoms in total. The Kier molecular flexibility index (Phi) is 8.61. The van der Waals surface area contributed by atoms with Crippen LogP contribution in [-0.4, -0.2) is 49.0 Å². The van der Waals surface area contributed by atoms with Gasteiger partial charge in [0.05, 0.1) is 33.0 Å². The van der Waals surface area contributed by atoms with Crippen molar-refractivity contribution in [1.29, 1.82) is 0 Å². The molecule has 0 atom stereocenters. The quantitative estimate of drug-likeness (QED) is 0.445. The summed E-state index contributed by atoms with van der Waals surface area (Å²) in [6.45, 7) is 5.53. The molecule has 0 fully saturated rings. The predicted molar refractivity (Wildman–Crippen MR) is 57.2 cm³/mol. The summed E-state index contributed by atoms with van der Waals surface area (Å²) in [7, 11) is 0. The Morgan fingerprint density at radius 1 is 1.21 bits per heavy atom. The zero-order valence-electron chi connectivity index (χ0n) is 8.86. The maximum atomic E-state index is 8.92. The fourth-order valence-electron chi connectivity index (χ4n) is 0.565. The summed E-state index contributed by atoms with van der Waals surface area (Å²) in [5.74, 6) is 0.738. The Labute approximate surface area is 89.8 Å². The molecule has 14 heavy (non-hydrogen) atoms. The van der Waals surface area contributed by atoms with Gasteiger partial charge in [-0.2, -0.15) is 0 Å². The van der Waals surface area contributed by atoms with Gasteiger partial charge in [0.2, 0.25) is 0 Å². The van der Waals surface area contributed by atoms with Crippen LogP contribution in [0.5, 0.6) is 0 Å². The maximum absolute atomic E-state index is 8.92. The van der Waals surface area contributed by atoms with Gasteiger partial charge in [-0.25, -0.2) is 0 Å². The Hall–Kier alpha value is 0.190. The molecular formula is C9H20O4S. The zero-order valence-corrected chi connectivity index (χ0v) is 9.68. The molecule has 0 radical (unpaired) electrons. The van der Waals surface area contributed by atoms with Gasteiger partial charge in [0, 0.05) is 11.2 Å². The molecule has 5 heteroatoms. The van der Waals surface area contributed by atoms with Crippen LogP contribution in [0, 0.1) is 5.41 Å². The average Bonchev–Trinajstić information content (AvgIpc) is 2.16. The molecule has 0 aliphatic carbocycles. The van der Waals surface area contributed by atoms with Gasteiger partial charge in [-0.3, -0.25) is 0 Å². The van der Waals surface area contributed by atoms with Crippen LogP contribution in [0.15, 0.2) is 0 Å². The van der Waals surface area contributed by atoms with Crippen LogP contribution >= 0.6 is 12.0 Å². The van der Waals surface area contributed by atoms with E-state index in [1.807, 2.05) is 13.8 Å². The number of hydrogen-bond donors (Lipinski definition) is 2. The fraction of sp³-hybridized carbons (Fsp3) is 1.00. The molecule has 0 amide bonds. The summed E-state index contributed by atoms with van der Waals surface area (Å²) < 4.78 is 10.3. The lowest BCUT2D eigenvalue weighted by atomic mass is 9.97. The highest BCUT2D eigenvalue weighted by atomic mass is 32.2. The van der Waals surface area contributed by atoms with Crippen molar-refractivity contribution in [2.45, 2.75) is 13.8 Å². The smallest absolute Gasteiger partial charge is 0.0698 e. The second-order valence-electron chi connectivity index (χ2n) is 3.74. The first-order chi connectivity index (χ1) is 6.62. The minimum atomic E-state index is -0.182. The number of aliphatic hydroxyl groups is 2. The molecule has 0 aliphatic rings. The van der Waals surface area contributed by atoms with Crippen LogP contribution in [0.4, 0.5) is 0 Å². The lowest BCUT2D eigenvalue weighted by Crippen LogP contribution is -2.22. The minimum Gasteiger partial charge on any atom is -0.396 e. The maximum Gasteiger partial charge on any atom is 0.0698 e. The number of aliphatic hydroxyl groups excluding tert-OH is 2. The molecule has 0 spiro atoms. The first-order valence-electron chi connectivity index (χ1n) is 4.66. The predicted octanol–water partition coefficient (Wildman–Crippen LogP) is 0.679. The van der Waals surface area contributed by atoms with Crippen LogP contribution < -0.4 is 0 Å². The van der Waals surface area contributed by atoms with E-state index in [-0.39, 0.29) is 18.6 Å². The molecule has 86 valence electrons. The van der Waals surface area contributed by atoms with Crippen LogP contribution in [-0.2, 0) is 8.92 Å². The van der Waals surface area contributed by atoms with Crippen molar-refractivity contribution in [3.8, 4) is 0 Å². The highest BCUT2D eigenvalue weighted by molar-refractivity contribution is 7.94. The topological polar surface area (TPSA) is 58.9 Å². The Morgan fingerprint density at radius 2 is 1.93 bits per heavy atom. The molecule has 0 unspecified atom stereocenters. The first kappa shape index (κ1) is 14.2.